The number of anilines is 1. The van der Waals surface area contributed by atoms with Crippen LogP contribution in [0.15, 0.2) is 108 Å². The number of hydrogen-bond donors (Lipinski definition) is 1. The zero-order chi connectivity index (χ0) is 29.7. The summed E-state index contributed by atoms with van der Waals surface area (Å²) >= 11 is 0. The second-order valence-electron chi connectivity index (χ2n) is 9.66. The van der Waals surface area contributed by atoms with Crippen molar-refractivity contribution in [1.82, 2.24) is 9.55 Å². The fraction of sp³-hybridized carbons (Fsp3) is 0.194. The predicted molar refractivity (Wildman–Crippen MR) is 149 cm³/mol. The van der Waals surface area contributed by atoms with Gasteiger partial charge in [0.05, 0.1) is 11.1 Å². The number of carbonyl (C=O) groups excluding carboxylic acids is 3. The molecular formula is C31H26FN3O7. The maximum absolute atomic E-state index is 16.5. The van der Waals surface area contributed by atoms with Gasteiger partial charge in [-0.05, 0) is 49.4 Å². The highest BCUT2D eigenvalue weighted by molar-refractivity contribution is 6.03. The molecule has 1 aliphatic rings. The standard InChI is InChI=1S/C31H26FN3O7/c1-31(32)25(42-28(38)22-15-9-4-10-16-22)23(19-40-27(37)21-13-7-3-8-14-21)41-29(31)35-18-17-24(34-30(35)39)33-26(36)20-11-5-2-6-12-20/h2-18,23,25,29H,19H2,1H3,(H,33,34,36,39)/t23?,25-,29?,31-/m1/s1. The van der Waals surface area contributed by atoms with E-state index in [4.69, 9.17) is 14.2 Å². The Morgan fingerprint density at radius 3 is 2.00 bits per heavy atom. The first-order valence-corrected chi connectivity index (χ1v) is 13.0. The van der Waals surface area contributed by atoms with Crippen LogP contribution >= 0.6 is 0 Å². The molecule has 3 aromatic carbocycles. The maximum atomic E-state index is 16.5. The van der Waals surface area contributed by atoms with Gasteiger partial charge >= 0.3 is 17.6 Å². The number of hydrogen-bond acceptors (Lipinski definition) is 8. The minimum absolute atomic E-state index is 0.0518. The van der Waals surface area contributed by atoms with Gasteiger partial charge in [-0.15, -0.1) is 0 Å². The smallest absolute Gasteiger partial charge is 0.351 e. The fourth-order valence-electron chi connectivity index (χ4n) is 4.54. The largest absolute Gasteiger partial charge is 0.459 e. The van der Waals surface area contributed by atoms with Gasteiger partial charge in [0.2, 0.25) is 0 Å². The van der Waals surface area contributed by atoms with Gasteiger partial charge in [0.25, 0.3) is 5.91 Å². The highest BCUT2D eigenvalue weighted by atomic mass is 19.1. The number of esters is 2. The highest BCUT2D eigenvalue weighted by Gasteiger charge is 2.58. The Balaban J connectivity index is 1.39. The molecule has 0 aliphatic carbocycles. The SMILES string of the molecule is C[C@]1(F)C(n2ccc(NC(=O)c3ccccc3)nc2=O)OC(COC(=O)c2ccccc2)[C@H]1OC(=O)c1ccccc1. The van der Waals surface area contributed by atoms with Gasteiger partial charge in [-0.3, -0.25) is 9.36 Å². The summed E-state index contributed by atoms with van der Waals surface area (Å²) in [6.45, 7) is 0.654. The summed E-state index contributed by atoms with van der Waals surface area (Å²) in [5.74, 6) is -2.05. The summed E-state index contributed by atoms with van der Waals surface area (Å²) in [6, 6.07) is 25.8. The zero-order valence-electron chi connectivity index (χ0n) is 22.4. The van der Waals surface area contributed by atoms with Crippen LogP contribution in [0.4, 0.5) is 10.2 Å². The molecule has 42 heavy (non-hydrogen) atoms. The molecule has 4 aromatic rings. The van der Waals surface area contributed by atoms with Gasteiger partial charge < -0.3 is 19.5 Å². The first-order chi connectivity index (χ1) is 20.2. The predicted octanol–water partition coefficient (Wildman–Crippen LogP) is 4.20. The Labute approximate surface area is 239 Å². The van der Waals surface area contributed by atoms with Crippen molar-refractivity contribution in [1.29, 1.82) is 0 Å². The quantitative estimate of drug-likeness (QED) is 0.312. The molecule has 0 radical (unpaired) electrons. The third-order valence-electron chi connectivity index (χ3n) is 6.67. The van der Waals surface area contributed by atoms with Gasteiger partial charge in [0.1, 0.15) is 18.5 Å². The summed E-state index contributed by atoms with van der Waals surface area (Å²) in [7, 11) is 0. The van der Waals surface area contributed by atoms with Crippen molar-refractivity contribution in [3.8, 4) is 0 Å². The number of rotatable bonds is 8. The Morgan fingerprint density at radius 2 is 1.43 bits per heavy atom. The zero-order valence-corrected chi connectivity index (χ0v) is 22.4. The molecule has 1 aliphatic heterocycles. The normalized spacial score (nSPS) is 21.3. The molecule has 11 heteroatoms. The molecule has 0 bridgehead atoms. The van der Waals surface area contributed by atoms with Crippen LogP contribution in [0.3, 0.4) is 0 Å². The van der Waals surface area contributed by atoms with E-state index in [1.54, 1.807) is 78.9 Å². The van der Waals surface area contributed by atoms with Crippen molar-refractivity contribution in [2.45, 2.75) is 31.0 Å². The second-order valence-corrected chi connectivity index (χ2v) is 9.66. The summed E-state index contributed by atoms with van der Waals surface area (Å²) in [5, 5.41) is 2.52. The van der Waals surface area contributed by atoms with E-state index in [1.807, 2.05) is 0 Å². The van der Waals surface area contributed by atoms with Crippen molar-refractivity contribution < 1.29 is 33.0 Å². The molecule has 0 spiro atoms. The molecule has 10 nitrogen and oxygen atoms in total. The molecule has 1 aromatic heterocycles. The summed E-state index contributed by atoms with van der Waals surface area (Å²) in [5.41, 5.74) is -2.59. The van der Waals surface area contributed by atoms with Crippen LogP contribution in [0, 0.1) is 0 Å². The Bertz CT molecular complexity index is 1630. The van der Waals surface area contributed by atoms with Crippen LogP contribution in [0.5, 0.6) is 0 Å². The second kappa shape index (κ2) is 12.1. The molecule has 1 fully saturated rings. The number of alkyl halides is 1. The van der Waals surface area contributed by atoms with Crippen LogP contribution in [0.25, 0.3) is 0 Å². The molecule has 1 N–H and O–H groups in total. The molecule has 1 amide bonds. The Kier molecular flexibility index (Phi) is 8.21. The van der Waals surface area contributed by atoms with Gasteiger partial charge in [-0.2, -0.15) is 4.98 Å². The fourth-order valence-corrected chi connectivity index (χ4v) is 4.54. The average molecular weight is 572 g/mol. The monoisotopic (exact) mass is 571 g/mol. The van der Waals surface area contributed by atoms with E-state index >= 15 is 4.39 Å². The lowest BCUT2D eigenvalue weighted by Crippen LogP contribution is -2.45. The molecule has 0 saturated carbocycles. The molecule has 4 atom stereocenters. The van der Waals surface area contributed by atoms with Crippen LogP contribution < -0.4 is 11.0 Å². The van der Waals surface area contributed by atoms with Gasteiger partial charge in [0.15, 0.2) is 18.0 Å². The Hall–Kier alpha value is -5.16. The molecule has 2 heterocycles. The third kappa shape index (κ3) is 6.11. The number of benzene rings is 3. The minimum atomic E-state index is -2.46. The van der Waals surface area contributed by atoms with E-state index in [9.17, 15) is 19.2 Å². The number of nitrogens with zero attached hydrogens (tertiary/aromatic N) is 2. The molecule has 2 unspecified atom stereocenters. The number of carbonyl (C=O) groups is 3. The third-order valence-corrected chi connectivity index (χ3v) is 6.67. The van der Waals surface area contributed by atoms with Gasteiger partial charge in [0, 0.05) is 11.8 Å². The van der Waals surface area contributed by atoms with E-state index in [2.05, 4.69) is 10.3 Å². The van der Waals surface area contributed by atoms with E-state index in [0.717, 1.165) is 11.5 Å². The topological polar surface area (TPSA) is 126 Å². The summed E-state index contributed by atoms with van der Waals surface area (Å²) in [4.78, 5) is 54.8. The first kappa shape index (κ1) is 28.4. The molecule has 1 saturated heterocycles. The van der Waals surface area contributed by atoms with Crippen LogP contribution in [0.1, 0.15) is 44.2 Å². The number of halogens is 1. The summed E-state index contributed by atoms with van der Waals surface area (Å²) < 4.78 is 34.2. The van der Waals surface area contributed by atoms with Gasteiger partial charge in [-0.1, -0.05) is 54.6 Å². The van der Waals surface area contributed by atoms with Crippen molar-refractivity contribution in [3.05, 3.63) is 130 Å². The van der Waals surface area contributed by atoms with Crippen LogP contribution in [-0.2, 0) is 14.2 Å². The summed E-state index contributed by atoms with van der Waals surface area (Å²) in [6.07, 6.45) is -3.23. The number of amides is 1. The number of ether oxygens (including phenoxy) is 3. The van der Waals surface area contributed by atoms with Crippen molar-refractivity contribution in [2.75, 3.05) is 11.9 Å². The van der Waals surface area contributed by atoms with Gasteiger partial charge in [-0.25, -0.2) is 18.8 Å². The maximum Gasteiger partial charge on any atom is 0.351 e. The molecule has 214 valence electrons. The van der Waals surface area contributed by atoms with Crippen LogP contribution in [-0.4, -0.2) is 51.9 Å². The van der Waals surface area contributed by atoms with Crippen molar-refractivity contribution in [3.63, 3.8) is 0 Å². The molecular weight excluding hydrogens is 545 g/mol. The van der Waals surface area contributed by atoms with E-state index < -0.39 is 54.2 Å². The molecule has 5 rings (SSSR count). The van der Waals surface area contributed by atoms with E-state index in [-0.39, 0.29) is 16.9 Å². The lowest BCUT2D eigenvalue weighted by atomic mass is 9.98. The number of aromatic nitrogens is 2. The van der Waals surface area contributed by atoms with E-state index in [1.165, 1.54) is 24.4 Å². The highest BCUT2D eigenvalue weighted by Crippen LogP contribution is 2.43. The van der Waals surface area contributed by atoms with Crippen molar-refractivity contribution in [2.24, 2.45) is 0 Å². The minimum Gasteiger partial charge on any atom is -0.459 e. The first-order valence-electron chi connectivity index (χ1n) is 13.0. The number of nitrogens with one attached hydrogen (secondary N) is 1. The Morgan fingerprint density at radius 1 is 0.881 bits per heavy atom. The average Bonchev–Trinajstić information content (AvgIpc) is 3.25. The lowest BCUT2D eigenvalue weighted by molar-refractivity contribution is -0.0648. The van der Waals surface area contributed by atoms with E-state index in [0.29, 0.717) is 5.56 Å². The van der Waals surface area contributed by atoms with Crippen LogP contribution in [0.2, 0.25) is 0 Å². The lowest BCUT2D eigenvalue weighted by Gasteiger charge is -2.27. The van der Waals surface area contributed by atoms with Crippen molar-refractivity contribution >= 4 is 23.7 Å².